The van der Waals surface area contributed by atoms with Crippen LogP contribution < -0.4 is 10.3 Å². The van der Waals surface area contributed by atoms with E-state index in [0.29, 0.717) is 16.4 Å². The van der Waals surface area contributed by atoms with Crippen molar-refractivity contribution in [3.8, 4) is 5.69 Å². The summed E-state index contributed by atoms with van der Waals surface area (Å²) in [5.74, 6) is 0.0880. The van der Waals surface area contributed by atoms with Gasteiger partial charge in [0.25, 0.3) is 15.6 Å². The molecule has 0 saturated heterocycles. The minimum atomic E-state index is -3.82. The van der Waals surface area contributed by atoms with Crippen molar-refractivity contribution >= 4 is 38.9 Å². The molecule has 6 nitrogen and oxygen atoms in total. The first-order valence-corrected chi connectivity index (χ1v) is 11.1. The van der Waals surface area contributed by atoms with E-state index < -0.39 is 10.0 Å². The predicted molar refractivity (Wildman–Crippen MR) is 117 cm³/mol. The molecule has 0 unspecified atom stereocenters. The zero-order valence-electron chi connectivity index (χ0n) is 16.4. The Morgan fingerprint density at radius 1 is 1.00 bits per heavy atom. The van der Waals surface area contributed by atoms with Gasteiger partial charge in [-0.1, -0.05) is 37.0 Å². The molecule has 0 radical (unpaired) electrons. The molecule has 9 heteroatoms. The molecular weight excluding hydrogens is 433 g/mol. The van der Waals surface area contributed by atoms with Crippen LogP contribution in [0.3, 0.4) is 0 Å². The van der Waals surface area contributed by atoms with E-state index in [1.807, 2.05) is 20.8 Å². The van der Waals surface area contributed by atoms with Crippen molar-refractivity contribution in [3.05, 3.63) is 74.1 Å². The van der Waals surface area contributed by atoms with Gasteiger partial charge in [0.1, 0.15) is 0 Å². The smallest absolute Gasteiger partial charge is 0.275 e. The Morgan fingerprint density at radius 2 is 1.62 bits per heavy atom. The van der Waals surface area contributed by atoms with Crippen molar-refractivity contribution in [2.75, 3.05) is 4.72 Å². The number of halogens is 2. The Morgan fingerprint density at radius 3 is 2.14 bits per heavy atom. The minimum absolute atomic E-state index is 0.0652. The van der Waals surface area contributed by atoms with Crippen LogP contribution in [0.2, 0.25) is 10.0 Å². The van der Waals surface area contributed by atoms with Crippen LogP contribution in [0.1, 0.15) is 31.0 Å². The largest absolute Gasteiger partial charge is 0.285 e. The number of hydrogen-bond acceptors (Lipinski definition) is 3. The highest BCUT2D eigenvalue weighted by molar-refractivity contribution is 7.92. The van der Waals surface area contributed by atoms with Gasteiger partial charge >= 0.3 is 0 Å². The van der Waals surface area contributed by atoms with Crippen LogP contribution >= 0.6 is 23.2 Å². The van der Waals surface area contributed by atoms with E-state index in [9.17, 15) is 13.2 Å². The summed E-state index contributed by atoms with van der Waals surface area (Å²) < 4.78 is 31.1. The summed E-state index contributed by atoms with van der Waals surface area (Å²) in [6.07, 6.45) is 0. The highest BCUT2D eigenvalue weighted by Crippen LogP contribution is 2.27. The molecule has 0 bridgehead atoms. The van der Waals surface area contributed by atoms with E-state index in [-0.39, 0.29) is 21.4 Å². The standard InChI is InChI=1S/C20H21Cl2N3O3S/c1-12(2)19-13(3)24(4)25(20(19)26)15-6-8-16(9-7-15)29(27,28)23-14-5-10-17(21)18(22)11-14/h5-12,23H,1-4H3. The van der Waals surface area contributed by atoms with Gasteiger partial charge < -0.3 is 0 Å². The first kappa shape index (κ1) is 21.5. The molecule has 1 heterocycles. The maximum absolute atomic E-state index is 12.8. The Hall–Kier alpha value is -2.22. The van der Waals surface area contributed by atoms with Crippen LogP contribution in [0, 0.1) is 6.92 Å². The second kappa shape index (κ2) is 7.89. The Labute approximate surface area is 179 Å². The molecule has 0 atom stereocenters. The summed E-state index contributed by atoms with van der Waals surface area (Å²) in [6.45, 7) is 5.84. The normalized spacial score (nSPS) is 11.8. The number of hydrogen-bond donors (Lipinski definition) is 1. The van der Waals surface area contributed by atoms with Crippen LogP contribution in [0.25, 0.3) is 5.69 Å². The van der Waals surface area contributed by atoms with Crippen molar-refractivity contribution in [3.63, 3.8) is 0 Å². The lowest BCUT2D eigenvalue weighted by Gasteiger charge is -2.11. The molecule has 0 aliphatic heterocycles. The zero-order valence-corrected chi connectivity index (χ0v) is 18.7. The van der Waals surface area contributed by atoms with E-state index >= 15 is 0 Å². The van der Waals surface area contributed by atoms with Crippen molar-refractivity contribution < 1.29 is 8.42 Å². The summed E-state index contributed by atoms with van der Waals surface area (Å²) >= 11 is 11.8. The third-order valence-electron chi connectivity index (χ3n) is 4.74. The quantitative estimate of drug-likeness (QED) is 0.607. The van der Waals surface area contributed by atoms with Crippen molar-refractivity contribution in [2.24, 2.45) is 7.05 Å². The molecule has 0 amide bonds. The van der Waals surface area contributed by atoms with Gasteiger partial charge in [-0.05, 0) is 55.3 Å². The molecular formula is C20H21Cl2N3O3S. The summed E-state index contributed by atoms with van der Waals surface area (Å²) in [5, 5.41) is 0.588. The Balaban J connectivity index is 1.95. The third kappa shape index (κ3) is 4.08. The first-order valence-electron chi connectivity index (χ1n) is 8.89. The second-order valence-electron chi connectivity index (χ2n) is 7.02. The van der Waals surface area contributed by atoms with Crippen molar-refractivity contribution in [1.82, 2.24) is 9.36 Å². The fourth-order valence-corrected chi connectivity index (χ4v) is 4.57. The predicted octanol–water partition coefficient (Wildman–Crippen LogP) is 4.72. The molecule has 3 rings (SSSR count). The molecule has 0 aliphatic carbocycles. The summed E-state index contributed by atoms with van der Waals surface area (Å²) in [6, 6.07) is 10.6. The van der Waals surface area contributed by atoms with E-state index in [1.165, 1.54) is 35.0 Å². The maximum Gasteiger partial charge on any atom is 0.275 e. The summed E-state index contributed by atoms with van der Waals surface area (Å²) in [4.78, 5) is 12.9. The molecule has 0 saturated carbocycles. The van der Waals surface area contributed by atoms with E-state index in [2.05, 4.69) is 4.72 Å². The van der Waals surface area contributed by atoms with Gasteiger partial charge in [0.05, 0.1) is 26.3 Å². The van der Waals surface area contributed by atoms with Gasteiger partial charge in [-0.15, -0.1) is 0 Å². The Kier molecular flexibility index (Phi) is 5.85. The lowest BCUT2D eigenvalue weighted by molar-refractivity contribution is 0.601. The first-order chi connectivity index (χ1) is 13.5. The number of sulfonamides is 1. The van der Waals surface area contributed by atoms with Crippen LogP contribution in [0.15, 0.2) is 52.2 Å². The summed E-state index contributed by atoms with van der Waals surface area (Å²) in [7, 11) is -2.02. The van der Waals surface area contributed by atoms with Crippen LogP contribution in [0.5, 0.6) is 0 Å². The Bertz CT molecular complexity index is 1230. The van der Waals surface area contributed by atoms with E-state index in [0.717, 1.165) is 11.3 Å². The fourth-order valence-electron chi connectivity index (χ4n) is 3.22. The van der Waals surface area contributed by atoms with Crippen LogP contribution in [-0.2, 0) is 17.1 Å². The van der Waals surface area contributed by atoms with Gasteiger partial charge in [-0.2, -0.15) is 0 Å². The van der Waals surface area contributed by atoms with Gasteiger partial charge in [-0.3, -0.25) is 14.2 Å². The number of benzene rings is 2. The minimum Gasteiger partial charge on any atom is -0.285 e. The van der Waals surface area contributed by atoms with Crippen LogP contribution in [0.4, 0.5) is 5.69 Å². The van der Waals surface area contributed by atoms with Gasteiger partial charge in [0.15, 0.2) is 0 Å². The van der Waals surface area contributed by atoms with Gasteiger partial charge in [-0.25, -0.2) is 13.1 Å². The molecule has 0 spiro atoms. The van der Waals surface area contributed by atoms with Crippen molar-refractivity contribution in [2.45, 2.75) is 31.6 Å². The number of aromatic nitrogens is 2. The lowest BCUT2D eigenvalue weighted by Crippen LogP contribution is -2.21. The van der Waals surface area contributed by atoms with E-state index in [1.54, 1.807) is 23.9 Å². The topological polar surface area (TPSA) is 73.1 Å². The molecule has 0 fully saturated rings. The molecule has 154 valence electrons. The monoisotopic (exact) mass is 453 g/mol. The van der Waals surface area contributed by atoms with Crippen LogP contribution in [-0.4, -0.2) is 17.8 Å². The number of nitrogens with zero attached hydrogens (tertiary/aromatic N) is 2. The highest BCUT2D eigenvalue weighted by atomic mass is 35.5. The molecule has 2 aromatic carbocycles. The van der Waals surface area contributed by atoms with Gasteiger partial charge in [0.2, 0.25) is 0 Å². The SMILES string of the molecule is Cc1c(C(C)C)c(=O)n(-c2ccc(S(=O)(=O)Nc3ccc(Cl)c(Cl)c3)cc2)n1C. The zero-order chi connectivity index (χ0) is 21.5. The molecule has 1 aromatic heterocycles. The lowest BCUT2D eigenvalue weighted by atomic mass is 10.0. The molecule has 3 aromatic rings. The third-order valence-corrected chi connectivity index (χ3v) is 6.87. The second-order valence-corrected chi connectivity index (χ2v) is 9.52. The number of rotatable bonds is 5. The summed E-state index contributed by atoms with van der Waals surface area (Å²) in [5.41, 5.74) is 2.40. The fraction of sp³-hybridized carbons (Fsp3) is 0.250. The van der Waals surface area contributed by atoms with Crippen molar-refractivity contribution in [1.29, 1.82) is 0 Å². The highest BCUT2D eigenvalue weighted by Gasteiger charge is 2.20. The number of anilines is 1. The average Bonchev–Trinajstić information content (AvgIpc) is 2.87. The molecule has 0 aliphatic rings. The molecule has 29 heavy (non-hydrogen) atoms. The molecule has 1 N–H and O–H groups in total. The maximum atomic E-state index is 12.8. The average molecular weight is 454 g/mol. The van der Waals surface area contributed by atoms with E-state index in [4.69, 9.17) is 23.2 Å². The van der Waals surface area contributed by atoms with Gasteiger partial charge in [0, 0.05) is 18.3 Å². The number of nitrogens with one attached hydrogen (secondary N) is 1.